The Bertz CT molecular complexity index is 395. The molecular weight excluding hydrogens is 219 g/mol. The highest BCUT2D eigenvalue weighted by Crippen LogP contribution is 2.51. The lowest BCUT2D eigenvalue weighted by molar-refractivity contribution is -0.0468. The minimum atomic E-state index is -0.269. The maximum absolute atomic E-state index is 13.0. The number of rotatable bonds is 5. The first-order chi connectivity index (χ1) is 8.24. The van der Waals surface area contributed by atoms with Crippen LogP contribution in [-0.2, 0) is 15.1 Å². The average molecular weight is 236 g/mol. The zero-order chi connectivity index (χ0) is 11.9. The number of methoxy groups -OCH3 is 1. The fourth-order valence-corrected chi connectivity index (χ4v) is 2.69. The number of hydrogen-bond donors (Lipinski definition) is 0. The molecule has 17 heavy (non-hydrogen) atoms. The van der Waals surface area contributed by atoms with Crippen LogP contribution < -0.4 is 0 Å². The van der Waals surface area contributed by atoms with Gasteiger partial charge in [0.25, 0.3) is 0 Å². The third kappa shape index (κ3) is 2.09. The van der Waals surface area contributed by atoms with Crippen LogP contribution in [0.25, 0.3) is 0 Å². The fourth-order valence-electron chi connectivity index (χ4n) is 2.69. The van der Waals surface area contributed by atoms with Gasteiger partial charge in [-0.25, -0.2) is 4.39 Å². The van der Waals surface area contributed by atoms with E-state index in [4.69, 9.17) is 9.47 Å². The highest BCUT2D eigenvalue weighted by molar-refractivity contribution is 5.26. The van der Waals surface area contributed by atoms with Gasteiger partial charge in [0.05, 0.1) is 18.3 Å². The summed E-state index contributed by atoms with van der Waals surface area (Å²) in [5.41, 5.74) is 0.814. The smallest absolute Gasteiger partial charge is 0.123 e. The Morgan fingerprint density at radius 3 is 2.47 bits per heavy atom. The second-order valence-corrected chi connectivity index (χ2v) is 5.03. The van der Waals surface area contributed by atoms with Gasteiger partial charge in [0.15, 0.2) is 0 Å². The molecule has 1 heterocycles. The molecule has 1 aliphatic heterocycles. The summed E-state index contributed by atoms with van der Waals surface area (Å²) in [6, 6.07) is 6.72. The van der Waals surface area contributed by atoms with Crippen LogP contribution in [0, 0.1) is 11.7 Å². The van der Waals surface area contributed by atoms with E-state index in [9.17, 15) is 4.39 Å². The largest absolute Gasteiger partial charge is 0.373 e. The normalized spacial score (nSPS) is 26.6. The van der Waals surface area contributed by atoms with E-state index in [1.54, 1.807) is 7.11 Å². The lowest BCUT2D eigenvalue weighted by Crippen LogP contribution is -2.33. The summed E-state index contributed by atoms with van der Waals surface area (Å²) < 4.78 is 24.2. The standard InChI is InChI=1S/C14H17FO2/c1-16-14(10-2-3-10,8-13-9-17-13)11-4-6-12(15)7-5-11/h4-7,10,13H,2-3,8-9H2,1H3. The lowest BCUT2D eigenvalue weighted by atomic mass is 9.84. The van der Waals surface area contributed by atoms with Gasteiger partial charge in [0, 0.05) is 13.5 Å². The van der Waals surface area contributed by atoms with Gasteiger partial charge in [-0.1, -0.05) is 12.1 Å². The molecule has 2 fully saturated rings. The van der Waals surface area contributed by atoms with Crippen LogP contribution in [0.2, 0.25) is 0 Å². The van der Waals surface area contributed by atoms with Gasteiger partial charge in [-0.3, -0.25) is 0 Å². The van der Waals surface area contributed by atoms with Gasteiger partial charge >= 0.3 is 0 Å². The molecule has 3 rings (SSSR count). The van der Waals surface area contributed by atoms with Gasteiger partial charge in [0.1, 0.15) is 5.82 Å². The third-order valence-electron chi connectivity index (χ3n) is 3.87. The molecule has 0 spiro atoms. The second kappa shape index (κ2) is 4.07. The van der Waals surface area contributed by atoms with Gasteiger partial charge in [0.2, 0.25) is 0 Å². The summed E-state index contributed by atoms with van der Waals surface area (Å²) in [7, 11) is 1.75. The molecule has 1 aromatic rings. The second-order valence-electron chi connectivity index (χ2n) is 5.03. The molecule has 0 bridgehead atoms. The van der Waals surface area contributed by atoms with Crippen LogP contribution in [0.1, 0.15) is 24.8 Å². The predicted octanol–water partition coefficient (Wildman–Crippen LogP) is 2.87. The molecule has 1 aliphatic carbocycles. The van der Waals surface area contributed by atoms with Crippen LogP contribution in [-0.4, -0.2) is 19.8 Å². The SMILES string of the molecule is COC(CC1CO1)(c1ccc(F)cc1)C1CC1. The summed E-state index contributed by atoms with van der Waals surface area (Å²) >= 11 is 0. The number of hydrogen-bond acceptors (Lipinski definition) is 2. The van der Waals surface area contributed by atoms with Gasteiger partial charge < -0.3 is 9.47 Å². The van der Waals surface area contributed by atoms with Crippen molar-refractivity contribution >= 4 is 0 Å². The number of ether oxygens (including phenoxy) is 2. The fraction of sp³-hybridized carbons (Fsp3) is 0.571. The van der Waals surface area contributed by atoms with E-state index >= 15 is 0 Å². The molecule has 1 saturated carbocycles. The molecule has 2 nitrogen and oxygen atoms in total. The van der Waals surface area contributed by atoms with E-state index < -0.39 is 0 Å². The maximum Gasteiger partial charge on any atom is 0.123 e. The molecule has 2 atom stereocenters. The highest BCUT2D eigenvalue weighted by Gasteiger charge is 2.50. The van der Waals surface area contributed by atoms with Gasteiger partial charge in [-0.05, 0) is 36.5 Å². The van der Waals surface area contributed by atoms with Crippen LogP contribution in [0.15, 0.2) is 24.3 Å². The quantitative estimate of drug-likeness (QED) is 0.733. The summed E-state index contributed by atoms with van der Waals surface area (Å²) in [4.78, 5) is 0. The van der Waals surface area contributed by atoms with Crippen molar-refractivity contribution in [1.82, 2.24) is 0 Å². The zero-order valence-corrected chi connectivity index (χ0v) is 9.99. The van der Waals surface area contributed by atoms with E-state index in [2.05, 4.69) is 0 Å². The summed E-state index contributed by atoms with van der Waals surface area (Å²) in [6.45, 7) is 0.832. The summed E-state index contributed by atoms with van der Waals surface area (Å²) in [6.07, 6.45) is 3.59. The van der Waals surface area contributed by atoms with Crippen LogP contribution in [0.4, 0.5) is 4.39 Å². The molecule has 92 valence electrons. The van der Waals surface area contributed by atoms with E-state index in [1.807, 2.05) is 12.1 Å². The molecule has 2 unspecified atom stereocenters. The maximum atomic E-state index is 13.0. The van der Waals surface area contributed by atoms with E-state index in [0.717, 1.165) is 18.6 Å². The molecule has 0 amide bonds. The van der Waals surface area contributed by atoms with E-state index in [1.165, 1.54) is 25.0 Å². The van der Waals surface area contributed by atoms with Gasteiger partial charge in [-0.15, -0.1) is 0 Å². The molecular formula is C14H17FO2. The molecule has 0 radical (unpaired) electrons. The van der Waals surface area contributed by atoms with Crippen LogP contribution in [0.5, 0.6) is 0 Å². The van der Waals surface area contributed by atoms with E-state index in [0.29, 0.717) is 12.0 Å². The van der Waals surface area contributed by atoms with Crippen molar-refractivity contribution < 1.29 is 13.9 Å². The molecule has 1 aromatic carbocycles. The van der Waals surface area contributed by atoms with Crippen molar-refractivity contribution in [1.29, 1.82) is 0 Å². The minimum Gasteiger partial charge on any atom is -0.373 e. The van der Waals surface area contributed by atoms with Gasteiger partial charge in [-0.2, -0.15) is 0 Å². The molecule has 3 heteroatoms. The number of benzene rings is 1. The number of halogens is 1. The van der Waals surface area contributed by atoms with Crippen molar-refractivity contribution in [2.24, 2.45) is 5.92 Å². The van der Waals surface area contributed by atoms with Crippen molar-refractivity contribution in [3.05, 3.63) is 35.6 Å². The minimum absolute atomic E-state index is 0.197. The summed E-state index contributed by atoms with van der Waals surface area (Å²) in [5.74, 6) is 0.361. The molecule has 1 saturated heterocycles. The average Bonchev–Trinajstić information content (AvgIpc) is 3.19. The highest BCUT2D eigenvalue weighted by atomic mass is 19.1. The lowest BCUT2D eigenvalue weighted by Gasteiger charge is -2.33. The Kier molecular flexibility index (Phi) is 2.68. The Morgan fingerprint density at radius 1 is 1.35 bits per heavy atom. The first kappa shape index (κ1) is 11.2. The Hall–Kier alpha value is -0.930. The third-order valence-corrected chi connectivity index (χ3v) is 3.87. The number of epoxide rings is 1. The monoisotopic (exact) mass is 236 g/mol. The van der Waals surface area contributed by atoms with Crippen molar-refractivity contribution in [2.45, 2.75) is 31.0 Å². The molecule has 0 N–H and O–H groups in total. The first-order valence-electron chi connectivity index (χ1n) is 6.17. The van der Waals surface area contributed by atoms with Crippen LogP contribution in [0.3, 0.4) is 0 Å². The van der Waals surface area contributed by atoms with Crippen molar-refractivity contribution in [3.8, 4) is 0 Å². The van der Waals surface area contributed by atoms with Crippen LogP contribution >= 0.6 is 0 Å². The summed E-state index contributed by atoms with van der Waals surface area (Å²) in [5, 5.41) is 0. The molecule has 2 aliphatic rings. The predicted molar refractivity (Wildman–Crippen MR) is 62.2 cm³/mol. The van der Waals surface area contributed by atoms with Crippen molar-refractivity contribution in [2.75, 3.05) is 13.7 Å². The molecule has 0 aromatic heterocycles. The van der Waals surface area contributed by atoms with E-state index in [-0.39, 0.29) is 11.4 Å². The zero-order valence-electron chi connectivity index (χ0n) is 9.99. The first-order valence-corrected chi connectivity index (χ1v) is 6.17. The Morgan fingerprint density at radius 2 is 2.00 bits per heavy atom. The Labute approximate surface area is 101 Å². The Balaban J connectivity index is 1.92. The van der Waals surface area contributed by atoms with Crippen molar-refractivity contribution in [3.63, 3.8) is 0 Å². The topological polar surface area (TPSA) is 21.8 Å².